The molecule has 5 atom stereocenters. The molecular weight excluding hydrogens is 414 g/mol. The van der Waals surface area contributed by atoms with Crippen LogP contribution in [-0.2, 0) is 0 Å². The van der Waals surface area contributed by atoms with Gasteiger partial charge in [-0.05, 0) is 49.6 Å². The molecular formula is C16H32Ar4P2. The van der Waals surface area contributed by atoms with E-state index < -0.39 is 0 Å². The summed E-state index contributed by atoms with van der Waals surface area (Å²) >= 11 is 0. The molecule has 0 spiro atoms. The van der Waals surface area contributed by atoms with Gasteiger partial charge in [-0.1, -0.05) is 51.2 Å². The SMILES string of the molecule is CC.CC.PC1=CCCC[C@H]1[C@H]1C=CCC[C@H]1P.[Ar].[Ar].[Ar].[Ar]. The summed E-state index contributed by atoms with van der Waals surface area (Å²) in [4.78, 5) is 0. The first-order valence-electron chi connectivity index (χ1n) is 7.67. The topological polar surface area (TPSA) is 0 Å². The van der Waals surface area contributed by atoms with Crippen molar-refractivity contribution in [2.45, 2.75) is 65.5 Å². The van der Waals surface area contributed by atoms with Crippen LogP contribution in [0.15, 0.2) is 23.5 Å². The molecule has 0 radical (unpaired) electrons. The monoisotopic (exact) mass is 446 g/mol. The molecule has 0 fully saturated rings. The maximum absolute atomic E-state index is 3.05. The predicted octanol–water partition coefficient (Wildman–Crippen LogP) is 5.81. The van der Waals surface area contributed by atoms with Crippen LogP contribution in [0.4, 0.5) is 0 Å². The predicted molar refractivity (Wildman–Crippen MR) is 93.2 cm³/mol. The molecule has 6 heteroatoms. The second-order valence-corrected chi connectivity index (χ2v) is 6.01. The van der Waals surface area contributed by atoms with E-state index in [0.717, 1.165) is 17.5 Å². The molecule has 2 unspecified atom stereocenters. The van der Waals surface area contributed by atoms with E-state index in [0.29, 0.717) is 0 Å². The van der Waals surface area contributed by atoms with Crippen LogP contribution < -0.4 is 0 Å². The summed E-state index contributed by atoms with van der Waals surface area (Å²) in [6.45, 7) is 8.00. The molecule has 0 bridgehead atoms. The minimum Gasteiger partial charge on any atom is -0.134 e. The molecule has 0 saturated carbocycles. The largest absolute Gasteiger partial charge is 0.134 e. The van der Waals surface area contributed by atoms with Crippen molar-refractivity contribution < 1.29 is 151 Å². The first-order chi connectivity index (χ1) is 8.79. The van der Waals surface area contributed by atoms with Gasteiger partial charge in [-0.25, -0.2) is 0 Å². The van der Waals surface area contributed by atoms with E-state index in [2.05, 4.69) is 36.7 Å². The number of hydrogen-bond donors (Lipinski definition) is 0. The molecule has 0 aliphatic heterocycles. The Balaban J connectivity index is -0.000000112. The van der Waals surface area contributed by atoms with E-state index in [1.165, 1.54) is 32.1 Å². The Morgan fingerprint density at radius 2 is 1.45 bits per heavy atom. The number of rotatable bonds is 1. The van der Waals surface area contributed by atoms with E-state index in [9.17, 15) is 0 Å². The maximum Gasteiger partial charge on any atom is 0 e. The standard InChI is InChI=1S/C12H20P2.2C2H6.4Ar/c13-11-7-3-1-5-9(11)10-6-2-4-8-12(10)14;2*1-2;;;;/h1,5,8-11H,2-4,6-7,13-14H2;2*1-2H3;;;;/t9-,10+,11-;;;;;;/m1....../s1. The molecule has 0 nitrogen and oxygen atoms in total. The summed E-state index contributed by atoms with van der Waals surface area (Å²) in [5, 5.41) is 1.56. The van der Waals surface area contributed by atoms with Crippen LogP contribution in [0, 0.1) is 163 Å². The van der Waals surface area contributed by atoms with Crippen molar-refractivity contribution in [1.82, 2.24) is 0 Å². The third kappa shape index (κ3) is 15.3. The van der Waals surface area contributed by atoms with Crippen molar-refractivity contribution in [2.75, 3.05) is 0 Å². The third-order valence-electron chi connectivity index (χ3n) is 3.51. The summed E-state index contributed by atoms with van der Waals surface area (Å²) in [7, 11) is 6.00. The van der Waals surface area contributed by atoms with Gasteiger partial charge in [0.2, 0.25) is 0 Å². The average molecular weight is 446 g/mol. The summed E-state index contributed by atoms with van der Waals surface area (Å²) in [6, 6.07) is 0. The van der Waals surface area contributed by atoms with Crippen LogP contribution in [0.5, 0.6) is 0 Å². The van der Waals surface area contributed by atoms with Gasteiger partial charge >= 0.3 is 0 Å². The van der Waals surface area contributed by atoms with Crippen LogP contribution in [0.3, 0.4) is 0 Å². The number of hydrogen-bond acceptors (Lipinski definition) is 0. The molecule has 22 heavy (non-hydrogen) atoms. The molecule has 0 saturated heterocycles. The van der Waals surface area contributed by atoms with Gasteiger partial charge in [0.1, 0.15) is 0 Å². The Hall–Kier alpha value is 5.38. The Morgan fingerprint density at radius 1 is 0.909 bits per heavy atom. The first kappa shape index (κ1) is 38.0. The van der Waals surface area contributed by atoms with Gasteiger partial charge in [0.05, 0.1) is 0 Å². The van der Waals surface area contributed by atoms with E-state index in [-0.39, 0.29) is 151 Å². The average Bonchev–Trinajstić information content (AvgIpc) is 2.45. The van der Waals surface area contributed by atoms with E-state index in [1.807, 2.05) is 27.7 Å². The molecule has 2 aliphatic carbocycles. The minimum atomic E-state index is 0. The van der Waals surface area contributed by atoms with Crippen LogP contribution in [-0.4, -0.2) is 5.66 Å². The Morgan fingerprint density at radius 3 is 1.91 bits per heavy atom. The van der Waals surface area contributed by atoms with Crippen LogP contribution in [0.2, 0.25) is 0 Å². The zero-order valence-corrected chi connectivity index (χ0v) is 19.2. The summed E-state index contributed by atoms with van der Waals surface area (Å²) in [6.07, 6.45) is 13.9. The molecule has 2 rings (SSSR count). The van der Waals surface area contributed by atoms with Gasteiger partial charge in [-0.2, -0.15) is 0 Å². The van der Waals surface area contributed by atoms with Gasteiger partial charge in [0.25, 0.3) is 0 Å². The molecule has 138 valence electrons. The normalized spacial score (nSPS) is 24.8. The fraction of sp³-hybridized carbons (Fsp3) is 0.750. The summed E-state index contributed by atoms with van der Waals surface area (Å²) in [5.74, 6) is 1.57. The Kier molecular flexibility index (Phi) is 45.6. The quantitative estimate of drug-likeness (QED) is 0.353. The van der Waals surface area contributed by atoms with E-state index in [1.54, 1.807) is 5.31 Å². The van der Waals surface area contributed by atoms with Gasteiger partial charge < -0.3 is 0 Å². The molecule has 0 N–H and O–H groups in total. The van der Waals surface area contributed by atoms with Gasteiger partial charge in [0.15, 0.2) is 0 Å². The Labute approximate surface area is 264 Å². The van der Waals surface area contributed by atoms with Crippen molar-refractivity contribution in [3.05, 3.63) is 23.5 Å². The zero-order valence-electron chi connectivity index (χ0n) is 14.1. The molecule has 0 amide bonds. The van der Waals surface area contributed by atoms with Gasteiger partial charge in [0, 0.05) is 151 Å². The van der Waals surface area contributed by atoms with E-state index in [4.69, 9.17) is 0 Å². The molecule has 2 aliphatic rings. The molecule has 0 aromatic carbocycles. The van der Waals surface area contributed by atoms with Crippen molar-refractivity contribution >= 4 is 18.5 Å². The maximum atomic E-state index is 3.05. The zero-order chi connectivity index (χ0) is 14.0. The smallest absolute Gasteiger partial charge is 0 e. The van der Waals surface area contributed by atoms with Crippen molar-refractivity contribution in [3.63, 3.8) is 0 Å². The summed E-state index contributed by atoms with van der Waals surface area (Å²) < 4.78 is 0. The Bertz CT molecular complexity index is 271. The fourth-order valence-corrected chi connectivity index (χ4v) is 3.79. The summed E-state index contributed by atoms with van der Waals surface area (Å²) in [5.41, 5.74) is 0.798. The van der Waals surface area contributed by atoms with Crippen molar-refractivity contribution in [3.8, 4) is 0 Å². The minimum absolute atomic E-state index is 0. The van der Waals surface area contributed by atoms with Gasteiger partial charge in [-0.3, -0.25) is 0 Å². The fourth-order valence-electron chi connectivity index (χ4n) is 2.65. The third-order valence-corrected chi connectivity index (χ3v) is 4.95. The number of allylic oxidation sites excluding steroid dienone is 4. The molecule has 0 heterocycles. The van der Waals surface area contributed by atoms with Crippen LogP contribution in [0.25, 0.3) is 0 Å². The van der Waals surface area contributed by atoms with Gasteiger partial charge in [-0.15, -0.1) is 18.5 Å². The van der Waals surface area contributed by atoms with Crippen molar-refractivity contribution in [1.29, 1.82) is 0 Å². The second kappa shape index (κ2) is 26.4. The van der Waals surface area contributed by atoms with E-state index >= 15 is 0 Å². The molecule has 0 aromatic rings. The molecule has 0 aromatic heterocycles. The first-order valence-corrected chi connectivity index (χ1v) is 8.91. The van der Waals surface area contributed by atoms with Crippen LogP contribution in [0.1, 0.15) is 59.8 Å². The van der Waals surface area contributed by atoms with Crippen LogP contribution >= 0.6 is 18.5 Å². The van der Waals surface area contributed by atoms with Crippen molar-refractivity contribution in [2.24, 2.45) is 11.8 Å². The second-order valence-electron chi connectivity index (χ2n) is 4.49.